The number of halogens is 1. The quantitative estimate of drug-likeness (QED) is 0.809. The van der Waals surface area contributed by atoms with Crippen LogP contribution in [0.1, 0.15) is 24.3 Å². The third-order valence-electron chi connectivity index (χ3n) is 3.62. The summed E-state index contributed by atoms with van der Waals surface area (Å²) in [6.45, 7) is 1.94. The average Bonchev–Trinajstić information content (AvgIpc) is 2.39. The Hall–Kier alpha value is -1.68. The van der Waals surface area contributed by atoms with E-state index in [1.807, 2.05) is 6.07 Å². The average molecular weight is 246 g/mol. The molecule has 1 aromatic carbocycles. The molecule has 0 atom stereocenters. The molecule has 0 radical (unpaired) electrons. The first kappa shape index (κ1) is 11.4. The van der Waals surface area contributed by atoms with Crippen LogP contribution >= 0.6 is 0 Å². The fourth-order valence-corrected chi connectivity index (χ4v) is 2.64. The normalized spacial score (nSPS) is 17.2. The summed E-state index contributed by atoms with van der Waals surface area (Å²) in [4.78, 5) is 14.0. The topological polar surface area (TPSA) is 44.9 Å². The van der Waals surface area contributed by atoms with Gasteiger partial charge in [0.25, 0.3) is 0 Å². The zero-order valence-electron chi connectivity index (χ0n) is 10.0. The molecule has 18 heavy (non-hydrogen) atoms. The minimum absolute atomic E-state index is 0.190. The molecule has 1 aliphatic rings. The van der Waals surface area contributed by atoms with Gasteiger partial charge in [0, 0.05) is 11.5 Å². The second kappa shape index (κ2) is 4.53. The van der Waals surface area contributed by atoms with Gasteiger partial charge in [-0.2, -0.15) is 0 Å². The predicted molar refractivity (Wildman–Crippen MR) is 69.4 cm³/mol. The Labute approximate surface area is 104 Å². The lowest BCUT2D eigenvalue weighted by atomic mass is 9.89. The van der Waals surface area contributed by atoms with E-state index in [0.29, 0.717) is 16.8 Å². The summed E-state index contributed by atoms with van der Waals surface area (Å²) < 4.78 is 14.0. The molecule has 0 aliphatic carbocycles. The van der Waals surface area contributed by atoms with E-state index < -0.39 is 0 Å². The summed E-state index contributed by atoms with van der Waals surface area (Å²) >= 11 is 0. The van der Waals surface area contributed by atoms with Crippen LogP contribution in [0.5, 0.6) is 0 Å². The van der Waals surface area contributed by atoms with Crippen LogP contribution in [0, 0.1) is 5.82 Å². The lowest BCUT2D eigenvalue weighted by Gasteiger charge is -2.23. The van der Waals surface area contributed by atoms with Gasteiger partial charge in [0.2, 0.25) is 5.56 Å². The number of hydrogen-bond donors (Lipinski definition) is 2. The third-order valence-corrected chi connectivity index (χ3v) is 3.62. The van der Waals surface area contributed by atoms with E-state index in [1.165, 1.54) is 12.1 Å². The SMILES string of the molecule is O=c1ccc2c(F)cc(C3CCNCC3)cc2[nH]1. The van der Waals surface area contributed by atoms with Crippen molar-refractivity contribution in [3.05, 3.63) is 46.0 Å². The van der Waals surface area contributed by atoms with Gasteiger partial charge in [-0.25, -0.2) is 4.39 Å². The minimum Gasteiger partial charge on any atom is -0.322 e. The Bertz CT molecular complexity index is 629. The van der Waals surface area contributed by atoms with Crippen LogP contribution in [0.15, 0.2) is 29.1 Å². The zero-order chi connectivity index (χ0) is 12.5. The summed E-state index contributed by atoms with van der Waals surface area (Å²) in [5, 5.41) is 3.77. The molecule has 0 spiro atoms. The Morgan fingerprint density at radius 1 is 1.17 bits per heavy atom. The highest BCUT2D eigenvalue weighted by Gasteiger charge is 2.17. The van der Waals surface area contributed by atoms with Crippen molar-refractivity contribution in [2.45, 2.75) is 18.8 Å². The molecule has 2 heterocycles. The van der Waals surface area contributed by atoms with Crippen molar-refractivity contribution in [3.63, 3.8) is 0 Å². The molecule has 1 aliphatic heterocycles. The van der Waals surface area contributed by atoms with Crippen molar-refractivity contribution < 1.29 is 4.39 Å². The van der Waals surface area contributed by atoms with Crippen LogP contribution in [0.2, 0.25) is 0 Å². The van der Waals surface area contributed by atoms with Crippen LogP contribution in [-0.2, 0) is 0 Å². The molecule has 1 fully saturated rings. The second-order valence-electron chi connectivity index (χ2n) is 4.81. The Balaban J connectivity index is 2.10. The minimum atomic E-state index is -0.253. The molecule has 3 rings (SSSR count). The summed E-state index contributed by atoms with van der Waals surface area (Å²) in [6, 6.07) is 6.41. The maximum absolute atomic E-state index is 14.0. The largest absolute Gasteiger partial charge is 0.322 e. The fraction of sp³-hybridized carbons (Fsp3) is 0.357. The van der Waals surface area contributed by atoms with Gasteiger partial charge in [0.15, 0.2) is 0 Å². The first-order valence-electron chi connectivity index (χ1n) is 6.27. The van der Waals surface area contributed by atoms with Gasteiger partial charge < -0.3 is 10.3 Å². The molecule has 1 saturated heterocycles. The van der Waals surface area contributed by atoms with Crippen LogP contribution in [-0.4, -0.2) is 18.1 Å². The molecule has 0 amide bonds. The highest BCUT2D eigenvalue weighted by molar-refractivity contribution is 5.79. The molecule has 0 bridgehead atoms. The Morgan fingerprint density at radius 3 is 2.72 bits per heavy atom. The number of piperidine rings is 1. The lowest BCUT2D eigenvalue weighted by molar-refractivity contribution is 0.459. The first-order valence-corrected chi connectivity index (χ1v) is 6.27. The van der Waals surface area contributed by atoms with Crippen molar-refractivity contribution in [1.82, 2.24) is 10.3 Å². The van der Waals surface area contributed by atoms with Gasteiger partial charge in [-0.15, -0.1) is 0 Å². The molecule has 0 saturated carbocycles. The highest BCUT2D eigenvalue weighted by atomic mass is 19.1. The Kier molecular flexibility index (Phi) is 2.88. The van der Waals surface area contributed by atoms with E-state index in [1.54, 1.807) is 6.07 Å². The summed E-state index contributed by atoms with van der Waals surface area (Å²) in [7, 11) is 0. The van der Waals surface area contributed by atoms with Gasteiger partial charge >= 0.3 is 0 Å². The van der Waals surface area contributed by atoms with Crippen molar-refractivity contribution in [2.24, 2.45) is 0 Å². The number of benzene rings is 1. The van der Waals surface area contributed by atoms with Crippen LogP contribution < -0.4 is 10.9 Å². The lowest BCUT2D eigenvalue weighted by Crippen LogP contribution is -2.26. The van der Waals surface area contributed by atoms with E-state index in [-0.39, 0.29) is 11.4 Å². The van der Waals surface area contributed by atoms with Gasteiger partial charge in [0.05, 0.1) is 5.52 Å². The van der Waals surface area contributed by atoms with Gasteiger partial charge in [-0.1, -0.05) is 0 Å². The van der Waals surface area contributed by atoms with E-state index in [4.69, 9.17) is 0 Å². The van der Waals surface area contributed by atoms with E-state index >= 15 is 0 Å². The predicted octanol–water partition coefficient (Wildman–Crippen LogP) is 2.13. The van der Waals surface area contributed by atoms with Gasteiger partial charge in [0.1, 0.15) is 5.82 Å². The maximum Gasteiger partial charge on any atom is 0.248 e. The smallest absolute Gasteiger partial charge is 0.248 e. The summed E-state index contributed by atoms with van der Waals surface area (Å²) in [5.74, 6) is 0.131. The molecule has 4 heteroatoms. The molecule has 2 N–H and O–H groups in total. The van der Waals surface area contributed by atoms with E-state index in [2.05, 4.69) is 10.3 Å². The molecule has 3 nitrogen and oxygen atoms in total. The van der Waals surface area contributed by atoms with Crippen molar-refractivity contribution >= 4 is 10.9 Å². The number of H-pyrrole nitrogens is 1. The third kappa shape index (κ3) is 2.04. The van der Waals surface area contributed by atoms with Gasteiger partial charge in [-0.05, 0) is 55.6 Å². The number of aromatic amines is 1. The van der Waals surface area contributed by atoms with E-state index in [0.717, 1.165) is 31.5 Å². The van der Waals surface area contributed by atoms with Crippen molar-refractivity contribution in [1.29, 1.82) is 0 Å². The van der Waals surface area contributed by atoms with Crippen molar-refractivity contribution in [2.75, 3.05) is 13.1 Å². The number of hydrogen-bond acceptors (Lipinski definition) is 2. The highest BCUT2D eigenvalue weighted by Crippen LogP contribution is 2.28. The number of nitrogens with one attached hydrogen (secondary N) is 2. The molecule has 0 unspecified atom stereocenters. The van der Waals surface area contributed by atoms with Crippen molar-refractivity contribution in [3.8, 4) is 0 Å². The van der Waals surface area contributed by atoms with Crippen LogP contribution in [0.3, 0.4) is 0 Å². The first-order chi connectivity index (χ1) is 8.74. The monoisotopic (exact) mass is 246 g/mol. The van der Waals surface area contributed by atoms with Gasteiger partial charge in [-0.3, -0.25) is 4.79 Å². The number of rotatable bonds is 1. The maximum atomic E-state index is 14.0. The number of fused-ring (bicyclic) bond motifs is 1. The molecule has 94 valence electrons. The number of pyridine rings is 1. The molecule has 2 aromatic rings. The molecular weight excluding hydrogens is 231 g/mol. The molecule has 1 aromatic heterocycles. The number of aromatic nitrogens is 1. The summed E-state index contributed by atoms with van der Waals surface area (Å²) in [5.41, 5.74) is 1.39. The zero-order valence-corrected chi connectivity index (χ0v) is 10.0. The standard InChI is InChI=1S/C14H15FN2O/c15-12-7-10(9-3-5-16-6-4-9)8-13-11(12)1-2-14(18)17-13/h1-2,7-9,16H,3-6H2,(H,17,18). The van der Waals surface area contributed by atoms with E-state index in [9.17, 15) is 9.18 Å². The fourth-order valence-electron chi connectivity index (χ4n) is 2.64. The Morgan fingerprint density at radius 2 is 1.94 bits per heavy atom. The second-order valence-corrected chi connectivity index (χ2v) is 4.81. The van der Waals surface area contributed by atoms with Crippen LogP contribution in [0.25, 0.3) is 10.9 Å². The summed E-state index contributed by atoms with van der Waals surface area (Å²) in [6.07, 6.45) is 2.03. The van der Waals surface area contributed by atoms with Crippen LogP contribution in [0.4, 0.5) is 4.39 Å². The molecular formula is C14H15FN2O.